The first-order valence-corrected chi connectivity index (χ1v) is 12.0. The third kappa shape index (κ3) is 6.88. The minimum absolute atomic E-state index is 0.119. The number of rotatable bonds is 11. The van der Waals surface area contributed by atoms with Crippen molar-refractivity contribution in [2.45, 2.75) is 25.9 Å². The molecule has 0 saturated carbocycles. The predicted molar refractivity (Wildman–Crippen MR) is 140 cm³/mol. The summed E-state index contributed by atoms with van der Waals surface area (Å²) in [6.07, 6.45) is 2.43. The fraction of sp³-hybridized carbons (Fsp3) is 0.241. The van der Waals surface area contributed by atoms with Crippen LogP contribution in [0.5, 0.6) is 11.5 Å². The van der Waals surface area contributed by atoms with Gasteiger partial charge in [0.05, 0.1) is 13.2 Å². The number of benzene rings is 3. The summed E-state index contributed by atoms with van der Waals surface area (Å²) < 4.78 is 24.1. The number of hydrogen-bond acceptors (Lipinski definition) is 4. The van der Waals surface area contributed by atoms with Crippen LogP contribution in [0, 0.1) is 5.82 Å². The number of methoxy groups -OCH3 is 1. The number of amides is 2. The molecular weight excluding hydrogens is 473 g/mol. The van der Waals surface area contributed by atoms with Gasteiger partial charge in [-0.3, -0.25) is 9.59 Å². The van der Waals surface area contributed by atoms with Gasteiger partial charge in [-0.2, -0.15) is 0 Å². The van der Waals surface area contributed by atoms with E-state index >= 15 is 0 Å². The average Bonchev–Trinajstić information content (AvgIpc) is 3.31. The number of nitrogens with one attached hydrogen (secondary N) is 2. The topological polar surface area (TPSA) is 83.7 Å². The quantitative estimate of drug-likeness (QED) is 0.316. The van der Waals surface area contributed by atoms with E-state index in [0.717, 1.165) is 22.0 Å². The first-order chi connectivity index (χ1) is 17.9. The highest BCUT2D eigenvalue weighted by molar-refractivity contribution is 5.83. The molecule has 0 radical (unpaired) electrons. The van der Waals surface area contributed by atoms with Gasteiger partial charge in [-0.25, -0.2) is 4.39 Å². The standard InChI is InChI=1S/C29H30FN3O4/c1-20(34)33(17-21-7-3-6-10-28(21)36-2)18-24(15-22-16-31-27-9-5-4-8-26(22)27)32-29(35)19-37-25-13-11-23(30)12-14-25/h3-14,16,24,31H,15,17-19H2,1-2H3,(H,32,35). The molecule has 7 nitrogen and oxygen atoms in total. The number of para-hydroxylation sites is 2. The monoisotopic (exact) mass is 503 g/mol. The lowest BCUT2D eigenvalue weighted by atomic mass is 10.0. The van der Waals surface area contributed by atoms with Gasteiger partial charge in [0.1, 0.15) is 17.3 Å². The summed E-state index contributed by atoms with van der Waals surface area (Å²) in [5, 5.41) is 4.08. The second-order valence-corrected chi connectivity index (χ2v) is 8.78. The molecule has 1 aromatic heterocycles. The normalized spacial score (nSPS) is 11.6. The number of carbonyl (C=O) groups is 2. The van der Waals surface area contributed by atoms with Gasteiger partial charge in [0.25, 0.3) is 5.91 Å². The number of ether oxygens (including phenoxy) is 2. The molecule has 4 rings (SSSR count). The van der Waals surface area contributed by atoms with Crippen molar-refractivity contribution in [1.29, 1.82) is 0 Å². The molecule has 0 saturated heterocycles. The van der Waals surface area contributed by atoms with Crippen LogP contribution >= 0.6 is 0 Å². The number of halogens is 1. The van der Waals surface area contributed by atoms with E-state index in [1.165, 1.54) is 31.2 Å². The second-order valence-electron chi connectivity index (χ2n) is 8.78. The average molecular weight is 504 g/mol. The van der Waals surface area contributed by atoms with E-state index in [-0.39, 0.29) is 36.8 Å². The maximum Gasteiger partial charge on any atom is 0.258 e. The maximum absolute atomic E-state index is 13.2. The van der Waals surface area contributed by atoms with Gasteiger partial charge >= 0.3 is 0 Å². The van der Waals surface area contributed by atoms with Crippen LogP contribution in [-0.2, 0) is 22.6 Å². The maximum atomic E-state index is 13.2. The molecule has 1 unspecified atom stereocenters. The first kappa shape index (κ1) is 25.8. The van der Waals surface area contributed by atoms with Gasteiger partial charge in [-0.15, -0.1) is 0 Å². The van der Waals surface area contributed by atoms with E-state index in [2.05, 4.69) is 10.3 Å². The van der Waals surface area contributed by atoms with Crippen LogP contribution in [0.1, 0.15) is 18.1 Å². The molecule has 192 valence electrons. The minimum atomic E-state index is -0.387. The molecule has 0 bridgehead atoms. The Bertz CT molecular complexity index is 1350. The Balaban J connectivity index is 1.51. The van der Waals surface area contributed by atoms with Crippen molar-refractivity contribution in [2.75, 3.05) is 20.3 Å². The van der Waals surface area contributed by atoms with Crippen LogP contribution in [-0.4, -0.2) is 48.0 Å². The highest BCUT2D eigenvalue weighted by atomic mass is 19.1. The lowest BCUT2D eigenvalue weighted by Gasteiger charge is -2.28. The van der Waals surface area contributed by atoms with Crippen LogP contribution in [0.25, 0.3) is 10.9 Å². The Morgan fingerprint density at radius 2 is 1.73 bits per heavy atom. The highest BCUT2D eigenvalue weighted by Gasteiger charge is 2.22. The zero-order valence-corrected chi connectivity index (χ0v) is 20.9. The summed E-state index contributed by atoms with van der Waals surface area (Å²) in [6.45, 7) is 1.90. The van der Waals surface area contributed by atoms with Crippen LogP contribution in [0.2, 0.25) is 0 Å². The van der Waals surface area contributed by atoms with E-state index < -0.39 is 0 Å². The lowest BCUT2D eigenvalue weighted by Crippen LogP contribution is -2.47. The van der Waals surface area contributed by atoms with Crippen molar-refractivity contribution < 1.29 is 23.5 Å². The van der Waals surface area contributed by atoms with Crippen molar-refractivity contribution in [3.8, 4) is 11.5 Å². The molecule has 0 fully saturated rings. The summed E-state index contributed by atoms with van der Waals surface area (Å²) in [5.74, 6) is 0.251. The van der Waals surface area contributed by atoms with Crippen molar-refractivity contribution in [2.24, 2.45) is 0 Å². The molecule has 2 amide bonds. The first-order valence-electron chi connectivity index (χ1n) is 12.0. The van der Waals surface area contributed by atoms with Crippen LogP contribution in [0.3, 0.4) is 0 Å². The predicted octanol–water partition coefficient (Wildman–Crippen LogP) is 4.47. The van der Waals surface area contributed by atoms with Gasteiger partial charge in [0.15, 0.2) is 6.61 Å². The van der Waals surface area contributed by atoms with Crippen molar-refractivity contribution in [1.82, 2.24) is 15.2 Å². The molecule has 37 heavy (non-hydrogen) atoms. The van der Waals surface area contributed by atoms with Crippen molar-refractivity contribution >= 4 is 22.7 Å². The number of aromatic nitrogens is 1. The number of hydrogen-bond donors (Lipinski definition) is 2. The van der Waals surface area contributed by atoms with Crippen molar-refractivity contribution in [3.05, 3.63) is 95.9 Å². The van der Waals surface area contributed by atoms with Gasteiger partial charge in [0, 0.05) is 42.7 Å². The molecule has 0 spiro atoms. The SMILES string of the molecule is COc1ccccc1CN(CC(Cc1c[nH]c2ccccc12)NC(=O)COc1ccc(F)cc1)C(C)=O. The highest BCUT2D eigenvalue weighted by Crippen LogP contribution is 2.22. The summed E-state index contributed by atoms with van der Waals surface area (Å²) in [6, 6.07) is 20.6. The Labute approximate surface area is 215 Å². The number of H-pyrrole nitrogens is 1. The third-order valence-corrected chi connectivity index (χ3v) is 6.13. The zero-order chi connectivity index (χ0) is 26.2. The van der Waals surface area contributed by atoms with Gasteiger partial charge in [-0.1, -0.05) is 36.4 Å². The Hall–Kier alpha value is -4.33. The molecule has 1 atom stereocenters. The fourth-order valence-electron chi connectivity index (χ4n) is 4.29. The van der Waals surface area contributed by atoms with Crippen LogP contribution < -0.4 is 14.8 Å². The molecule has 3 aromatic carbocycles. The smallest absolute Gasteiger partial charge is 0.258 e. The molecule has 0 aliphatic rings. The van der Waals surface area contributed by atoms with Crippen LogP contribution in [0.15, 0.2) is 79.0 Å². The number of aromatic amines is 1. The third-order valence-electron chi connectivity index (χ3n) is 6.13. The van der Waals surface area contributed by atoms with E-state index in [9.17, 15) is 14.0 Å². The minimum Gasteiger partial charge on any atom is -0.496 e. The molecule has 0 aliphatic heterocycles. The Kier molecular flexibility index (Phi) is 8.40. The van der Waals surface area contributed by atoms with E-state index in [4.69, 9.17) is 9.47 Å². The molecular formula is C29H30FN3O4. The number of nitrogens with zero attached hydrogens (tertiary/aromatic N) is 1. The number of carbonyl (C=O) groups excluding carboxylic acids is 2. The molecule has 4 aromatic rings. The molecule has 0 aliphatic carbocycles. The van der Waals surface area contributed by atoms with Gasteiger partial charge in [-0.05, 0) is 48.4 Å². The van der Waals surface area contributed by atoms with Gasteiger partial charge in [0.2, 0.25) is 5.91 Å². The molecule has 1 heterocycles. The largest absolute Gasteiger partial charge is 0.496 e. The van der Waals surface area contributed by atoms with E-state index in [0.29, 0.717) is 24.5 Å². The second kappa shape index (κ2) is 12.1. The van der Waals surface area contributed by atoms with Crippen molar-refractivity contribution in [3.63, 3.8) is 0 Å². The molecule has 2 N–H and O–H groups in total. The Morgan fingerprint density at radius 3 is 2.49 bits per heavy atom. The summed E-state index contributed by atoms with van der Waals surface area (Å²) in [5.41, 5.74) is 2.90. The molecule has 8 heteroatoms. The van der Waals surface area contributed by atoms with E-state index in [1.807, 2.05) is 54.7 Å². The fourth-order valence-corrected chi connectivity index (χ4v) is 4.29. The van der Waals surface area contributed by atoms with Crippen LogP contribution in [0.4, 0.5) is 4.39 Å². The summed E-state index contributed by atoms with van der Waals surface area (Å²) in [4.78, 5) is 30.4. The van der Waals surface area contributed by atoms with Gasteiger partial charge < -0.3 is 24.7 Å². The lowest BCUT2D eigenvalue weighted by molar-refractivity contribution is -0.131. The zero-order valence-electron chi connectivity index (χ0n) is 20.9. The summed E-state index contributed by atoms with van der Waals surface area (Å²) >= 11 is 0. The number of fused-ring (bicyclic) bond motifs is 1. The Morgan fingerprint density at radius 1 is 1.00 bits per heavy atom. The van der Waals surface area contributed by atoms with E-state index in [1.54, 1.807) is 12.0 Å². The summed E-state index contributed by atoms with van der Waals surface area (Å²) in [7, 11) is 1.60.